The van der Waals surface area contributed by atoms with Crippen LogP contribution in [0.3, 0.4) is 0 Å². The summed E-state index contributed by atoms with van der Waals surface area (Å²) >= 11 is 0. The van der Waals surface area contributed by atoms with E-state index in [0.29, 0.717) is 25.4 Å². The van der Waals surface area contributed by atoms with E-state index in [9.17, 15) is 10.1 Å². The molecule has 0 amide bonds. The lowest BCUT2D eigenvalue weighted by Crippen LogP contribution is -2.33. The molecule has 1 fully saturated rings. The fourth-order valence-corrected chi connectivity index (χ4v) is 2.72. The molecule has 0 spiro atoms. The van der Waals surface area contributed by atoms with Crippen molar-refractivity contribution < 1.29 is 14.4 Å². The molecule has 1 atom stereocenters. The molecular formula is C16H24N2O4. The molecule has 1 N–H and O–H groups in total. The number of para-hydroxylation sites is 2. The monoisotopic (exact) mass is 308 g/mol. The smallest absolute Gasteiger partial charge is 0.292 e. The first-order valence-electron chi connectivity index (χ1n) is 7.77. The van der Waals surface area contributed by atoms with E-state index in [4.69, 9.17) is 9.47 Å². The lowest BCUT2D eigenvalue weighted by molar-refractivity contribution is -0.384. The molecule has 0 aromatic heterocycles. The predicted octanol–water partition coefficient (Wildman–Crippen LogP) is 3.58. The van der Waals surface area contributed by atoms with Crippen LogP contribution in [0.4, 0.5) is 11.4 Å². The Bertz CT molecular complexity index is 503. The second kappa shape index (κ2) is 7.56. The van der Waals surface area contributed by atoms with E-state index in [-0.39, 0.29) is 22.3 Å². The van der Waals surface area contributed by atoms with E-state index in [0.717, 1.165) is 19.3 Å². The Morgan fingerprint density at radius 2 is 2.05 bits per heavy atom. The predicted molar refractivity (Wildman–Crippen MR) is 84.9 cm³/mol. The average molecular weight is 308 g/mol. The van der Waals surface area contributed by atoms with Gasteiger partial charge in [-0.1, -0.05) is 26.0 Å². The fraction of sp³-hybridized carbons (Fsp3) is 0.625. The number of rotatable bonds is 8. The van der Waals surface area contributed by atoms with Gasteiger partial charge in [0.15, 0.2) is 6.29 Å². The van der Waals surface area contributed by atoms with Gasteiger partial charge < -0.3 is 14.8 Å². The van der Waals surface area contributed by atoms with Gasteiger partial charge in [0.25, 0.3) is 5.69 Å². The van der Waals surface area contributed by atoms with Gasteiger partial charge >= 0.3 is 0 Å². The van der Waals surface area contributed by atoms with E-state index >= 15 is 0 Å². The molecule has 0 bridgehead atoms. The number of nitro benzene ring substituents is 1. The van der Waals surface area contributed by atoms with Crippen LogP contribution >= 0.6 is 0 Å². The van der Waals surface area contributed by atoms with Gasteiger partial charge in [0.1, 0.15) is 5.69 Å². The van der Waals surface area contributed by atoms with Crippen LogP contribution in [0.5, 0.6) is 0 Å². The number of anilines is 1. The van der Waals surface area contributed by atoms with Crippen LogP contribution in [0.1, 0.15) is 33.1 Å². The molecule has 1 heterocycles. The lowest BCUT2D eigenvalue weighted by Gasteiger charge is -2.33. The SMILES string of the molecule is CCC(C)(CCCNc1ccccc1[N+](=O)[O-])C1OCCO1. The molecule has 1 saturated heterocycles. The van der Waals surface area contributed by atoms with Crippen molar-refractivity contribution in [1.29, 1.82) is 0 Å². The zero-order chi connectivity index (χ0) is 16.0. The van der Waals surface area contributed by atoms with E-state index in [1.807, 2.05) is 0 Å². The molecule has 0 saturated carbocycles. The van der Waals surface area contributed by atoms with Crippen molar-refractivity contribution in [3.05, 3.63) is 34.4 Å². The highest BCUT2D eigenvalue weighted by Crippen LogP contribution is 2.36. The van der Waals surface area contributed by atoms with Gasteiger partial charge in [-0.2, -0.15) is 0 Å². The van der Waals surface area contributed by atoms with Gasteiger partial charge in [0.2, 0.25) is 0 Å². The second-order valence-electron chi connectivity index (χ2n) is 5.89. The zero-order valence-electron chi connectivity index (χ0n) is 13.2. The number of nitrogens with one attached hydrogen (secondary N) is 1. The molecule has 1 aliphatic rings. The molecule has 2 rings (SSSR count). The van der Waals surface area contributed by atoms with Gasteiger partial charge in [-0.3, -0.25) is 10.1 Å². The molecular weight excluding hydrogens is 284 g/mol. The summed E-state index contributed by atoms with van der Waals surface area (Å²) in [5.41, 5.74) is 0.670. The minimum Gasteiger partial charge on any atom is -0.379 e. The van der Waals surface area contributed by atoms with Crippen molar-refractivity contribution in [1.82, 2.24) is 0 Å². The maximum Gasteiger partial charge on any atom is 0.292 e. The Balaban J connectivity index is 1.85. The molecule has 122 valence electrons. The topological polar surface area (TPSA) is 73.6 Å². The van der Waals surface area contributed by atoms with E-state index in [1.165, 1.54) is 6.07 Å². The lowest BCUT2D eigenvalue weighted by atomic mass is 9.82. The zero-order valence-corrected chi connectivity index (χ0v) is 13.2. The number of nitro groups is 1. The van der Waals surface area contributed by atoms with Crippen molar-refractivity contribution in [2.24, 2.45) is 5.41 Å². The second-order valence-corrected chi connectivity index (χ2v) is 5.89. The third-order valence-corrected chi connectivity index (χ3v) is 4.34. The Morgan fingerprint density at radius 3 is 2.68 bits per heavy atom. The van der Waals surface area contributed by atoms with Gasteiger partial charge in [-0.05, 0) is 25.3 Å². The van der Waals surface area contributed by atoms with Crippen molar-refractivity contribution in [2.45, 2.75) is 39.4 Å². The Morgan fingerprint density at radius 1 is 1.36 bits per heavy atom. The highest BCUT2D eigenvalue weighted by atomic mass is 16.7. The van der Waals surface area contributed by atoms with Crippen LogP contribution in [-0.2, 0) is 9.47 Å². The van der Waals surface area contributed by atoms with Crippen LogP contribution in [0.15, 0.2) is 24.3 Å². The summed E-state index contributed by atoms with van der Waals surface area (Å²) in [5.74, 6) is 0. The fourth-order valence-electron chi connectivity index (χ4n) is 2.72. The summed E-state index contributed by atoms with van der Waals surface area (Å²) in [6.45, 7) is 6.32. The van der Waals surface area contributed by atoms with E-state index in [1.54, 1.807) is 18.2 Å². The third kappa shape index (κ3) is 3.96. The van der Waals surface area contributed by atoms with Crippen molar-refractivity contribution in [2.75, 3.05) is 25.1 Å². The first-order valence-corrected chi connectivity index (χ1v) is 7.77. The van der Waals surface area contributed by atoms with Gasteiger partial charge in [-0.25, -0.2) is 0 Å². The number of ether oxygens (including phenoxy) is 2. The standard InChI is InChI=1S/C16H24N2O4/c1-3-16(2,15-21-11-12-22-15)9-6-10-17-13-7-4-5-8-14(13)18(19)20/h4-5,7-8,15,17H,3,6,9-12H2,1-2H3. The maximum atomic E-state index is 11.0. The molecule has 6 nitrogen and oxygen atoms in total. The van der Waals surface area contributed by atoms with Crippen LogP contribution in [0.2, 0.25) is 0 Å². The van der Waals surface area contributed by atoms with E-state index in [2.05, 4.69) is 19.2 Å². The summed E-state index contributed by atoms with van der Waals surface area (Å²) in [4.78, 5) is 10.6. The Kier molecular flexibility index (Phi) is 5.74. The van der Waals surface area contributed by atoms with Gasteiger partial charge in [0, 0.05) is 18.0 Å². The van der Waals surface area contributed by atoms with E-state index < -0.39 is 0 Å². The summed E-state index contributed by atoms with van der Waals surface area (Å²) in [7, 11) is 0. The normalized spacial score (nSPS) is 18.1. The summed E-state index contributed by atoms with van der Waals surface area (Å²) in [6.07, 6.45) is 2.69. The van der Waals surface area contributed by atoms with Gasteiger partial charge in [0.05, 0.1) is 18.1 Å². The van der Waals surface area contributed by atoms with Crippen LogP contribution in [0, 0.1) is 15.5 Å². The first-order chi connectivity index (χ1) is 10.6. The molecule has 0 aliphatic carbocycles. The molecule has 1 unspecified atom stereocenters. The molecule has 6 heteroatoms. The van der Waals surface area contributed by atoms with Crippen LogP contribution in [-0.4, -0.2) is 31.0 Å². The molecule has 22 heavy (non-hydrogen) atoms. The molecule has 1 aromatic rings. The number of nitrogens with zero attached hydrogens (tertiary/aromatic N) is 1. The molecule has 1 aromatic carbocycles. The average Bonchev–Trinajstić information content (AvgIpc) is 3.06. The van der Waals surface area contributed by atoms with Crippen molar-refractivity contribution in [3.8, 4) is 0 Å². The highest BCUT2D eigenvalue weighted by molar-refractivity contribution is 5.60. The minimum absolute atomic E-state index is 0.0131. The summed E-state index contributed by atoms with van der Waals surface area (Å²) < 4.78 is 11.3. The number of hydrogen-bond donors (Lipinski definition) is 1. The largest absolute Gasteiger partial charge is 0.379 e. The minimum atomic E-state index is -0.362. The molecule has 1 aliphatic heterocycles. The number of benzene rings is 1. The molecule has 0 radical (unpaired) electrons. The summed E-state index contributed by atoms with van der Waals surface area (Å²) in [5, 5.41) is 14.1. The van der Waals surface area contributed by atoms with Crippen LogP contribution < -0.4 is 5.32 Å². The third-order valence-electron chi connectivity index (χ3n) is 4.34. The Hall–Kier alpha value is -1.66. The highest BCUT2D eigenvalue weighted by Gasteiger charge is 2.36. The van der Waals surface area contributed by atoms with Gasteiger partial charge in [-0.15, -0.1) is 0 Å². The van der Waals surface area contributed by atoms with Crippen molar-refractivity contribution in [3.63, 3.8) is 0 Å². The van der Waals surface area contributed by atoms with Crippen LogP contribution in [0.25, 0.3) is 0 Å². The van der Waals surface area contributed by atoms with Crippen molar-refractivity contribution >= 4 is 11.4 Å². The Labute approximate surface area is 131 Å². The maximum absolute atomic E-state index is 11.0. The summed E-state index contributed by atoms with van der Waals surface area (Å²) in [6, 6.07) is 6.72. The number of hydrogen-bond acceptors (Lipinski definition) is 5. The quantitative estimate of drug-likeness (QED) is 0.451. The first kappa shape index (κ1) is 16.7.